The fourth-order valence-corrected chi connectivity index (χ4v) is 5.65. The molecule has 1 N–H and O–H groups in total. The maximum atomic E-state index is 13.3. The standard InChI is InChI=1S/C23H23BrN6O7S/c24-16-10-25-23(26-11-16)35-8-7-34-22-20(15-1-2-18-19(9-15)37-14-36-18)21(27-12-28-22)29-38(32,33)17-3-5-30(13-31)6-4-17/h1-2,9-13,17H,3-8,14H2,(H,27,28,29). The number of hydrogen-bond acceptors (Lipinski definition) is 11. The van der Waals surface area contributed by atoms with Crippen molar-refractivity contribution < 1.29 is 32.2 Å². The fraction of sp³-hybridized carbons (Fsp3) is 0.348. The summed E-state index contributed by atoms with van der Waals surface area (Å²) in [7, 11) is -3.83. The average Bonchev–Trinajstić information content (AvgIpc) is 3.40. The van der Waals surface area contributed by atoms with Crippen LogP contribution in [0.5, 0.6) is 23.4 Å². The maximum absolute atomic E-state index is 13.3. The number of piperidine rings is 1. The maximum Gasteiger partial charge on any atom is 0.316 e. The Hall–Kier alpha value is -3.72. The Balaban J connectivity index is 1.39. The smallest absolute Gasteiger partial charge is 0.316 e. The van der Waals surface area contributed by atoms with Gasteiger partial charge >= 0.3 is 6.01 Å². The normalized spacial score (nSPS) is 15.2. The van der Waals surface area contributed by atoms with Crippen molar-refractivity contribution >= 4 is 38.2 Å². The zero-order chi connectivity index (χ0) is 26.5. The highest BCUT2D eigenvalue weighted by molar-refractivity contribution is 9.10. The molecule has 15 heteroatoms. The lowest BCUT2D eigenvalue weighted by molar-refractivity contribution is -0.118. The van der Waals surface area contributed by atoms with Crippen LogP contribution in [0.3, 0.4) is 0 Å². The molecular weight excluding hydrogens is 584 g/mol. The first-order valence-corrected chi connectivity index (χ1v) is 14.0. The van der Waals surface area contributed by atoms with Crippen LogP contribution < -0.4 is 23.7 Å². The second kappa shape index (κ2) is 11.3. The number of carbonyl (C=O) groups excluding carboxylic acids is 1. The van der Waals surface area contributed by atoms with E-state index in [0.29, 0.717) is 48.6 Å². The summed E-state index contributed by atoms with van der Waals surface area (Å²) in [5.74, 6) is 1.28. The number of ether oxygens (including phenoxy) is 4. The number of rotatable bonds is 10. The summed E-state index contributed by atoms with van der Waals surface area (Å²) in [4.78, 5) is 29.1. The van der Waals surface area contributed by atoms with Crippen LogP contribution >= 0.6 is 15.9 Å². The van der Waals surface area contributed by atoms with Crippen LogP contribution in [0.2, 0.25) is 0 Å². The van der Waals surface area contributed by atoms with Gasteiger partial charge in [-0.05, 0) is 46.5 Å². The van der Waals surface area contributed by atoms with Crippen molar-refractivity contribution in [3.63, 3.8) is 0 Å². The molecule has 3 aromatic rings. The van der Waals surface area contributed by atoms with Gasteiger partial charge in [0.2, 0.25) is 29.1 Å². The molecule has 1 saturated heterocycles. The molecule has 0 spiro atoms. The largest absolute Gasteiger partial charge is 0.473 e. The van der Waals surface area contributed by atoms with Gasteiger partial charge in [0, 0.05) is 25.5 Å². The predicted molar refractivity (Wildman–Crippen MR) is 138 cm³/mol. The summed E-state index contributed by atoms with van der Waals surface area (Å²) in [5.41, 5.74) is 0.898. The number of sulfonamides is 1. The molecule has 0 saturated carbocycles. The zero-order valence-electron chi connectivity index (χ0n) is 19.9. The third kappa shape index (κ3) is 5.88. The molecule has 1 fully saturated rings. The number of amides is 1. The van der Waals surface area contributed by atoms with Gasteiger partial charge in [-0.15, -0.1) is 0 Å². The van der Waals surface area contributed by atoms with E-state index in [9.17, 15) is 13.2 Å². The molecule has 4 heterocycles. The molecule has 200 valence electrons. The number of benzene rings is 1. The molecule has 0 atom stereocenters. The molecule has 38 heavy (non-hydrogen) atoms. The zero-order valence-corrected chi connectivity index (χ0v) is 22.4. The van der Waals surface area contributed by atoms with Gasteiger partial charge < -0.3 is 23.8 Å². The third-order valence-electron chi connectivity index (χ3n) is 5.93. The van der Waals surface area contributed by atoms with E-state index < -0.39 is 15.3 Å². The first-order valence-electron chi connectivity index (χ1n) is 11.6. The number of likely N-dealkylation sites (tertiary alicyclic amines) is 1. The van der Waals surface area contributed by atoms with E-state index in [1.54, 1.807) is 35.5 Å². The number of carbonyl (C=O) groups is 1. The lowest BCUT2D eigenvalue weighted by atomic mass is 10.1. The highest BCUT2D eigenvalue weighted by Crippen LogP contribution is 2.41. The van der Waals surface area contributed by atoms with E-state index in [1.807, 2.05) is 0 Å². The Morgan fingerprint density at radius 1 is 1.05 bits per heavy atom. The number of halogens is 1. The van der Waals surface area contributed by atoms with E-state index in [1.165, 1.54) is 6.33 Å². The molecule has 1 aromatic carbocycles. The van der Waals surface area contributed by atoms with Gasteiger partial charge in [-0.3, -0.25) is 9.52 Å². The number of nitrogens with one attached hydrogen (secondary N) is 1. The van der Waals surface area contributed by atoms with Crippen molar-refractivity contribution in [2.45, 2.75) is 18.1 Å². The van der Waals surface area contributed by atoms with Crippen LogP contribution in [-0.4, -0.2) is 78.0 Å². The molecule has 2 aliphatic heterocycles. The van der Waals surface area contributed by atoms with Crippen LogP contribution in [-0.2, 0) is 14.8 Å². The van der Waals surface area contributed by atoms with E-state index in [4.69, 9.17) is 18.9 Å². The highest BCUT2D eigenvalue weighted by Gasteiger charge is 2.31. The van der Waals surface area contributed by atoms with Gasteiger partial charge in [0.05, 0.1) is 15.3 Å². The number of hydrogen-bond donors (Lipinski definition) is 1. The summed E-state index contributed by atoms with van der Waals surface area (Å²) < 4.78 is 52.2. The molecule has 0 aliphatic carbocycles. The Morgan fingerprint density at radius 3 is 2.55 bits per heavy atom. The molecule has 2 aliphatic rings. The topological polar surface area (TPSA) is 155 Å². The minimum atomic E-state index is -3.83. The second-order valence-corrected chi connectivity index (χ2v) is 11.2. The van der Waals surface area contributed by atoms with Crippen molar-refractivity contribution in [2.24, 2.45) is 0 Å². The number of nitrogens with zero attached hydrogens (tertiary/aromatic N) is 5. The quantitative estimate of drug-likeness (QED) is 0.267. The minimum absolute atomic E-state index is 0.0591. The van der Waals surface area contributed by atoms with Gasteiger partial charge in [0.15, 0.2) is 17.3 Å². The average molecular weight is 607 g/mol. The molecule has 0 bridgehead atoms. The molecule has 0 radical (unpaired) electrons. The van der Waals surface area contributed by atoms with Gasteiger partial charge in [0.25, 0.3) is 0 Å². The van der Waals surface area contributed by atoms with Gasteiger partial charge in [-0.25, -0.2) is 28.4 Å². The molecule has 0 unspecified atom stereocenters. The SMILES string of the molecule is O=CN1CCC(S(=O)(=O)Nc2ncnc(OCCOc3ncc(Br)cn3)c2-c2ccc3c(c2)OCO3)CC1. The predicted octanol–water partition coefficient (Wildman–Crippen LogP) is 2.25. The number of fused-ring (bicyclic) bond motifs is 1. The van der Waals surface area contributed by atoms with Gasteiger partial charge in [-0.1, -0.05) is 6.07 Å². The molecule has 5 rings (SSSR count). The monoisotopic (exact) mass is 606 g/mol. The van der Waals surface area contributed by atoms with Crippen LogP contribution in [0, 0.1) is 0 Å². The van der Waals surface area contributed by atoms with Crippen LogP contribution in [0.25, 0.3) is 11.1 Å². The summed E-state index contributed by atoms with van der Waals surface area (Å²) in [6.45, 7) is 1.00. The van der Waals surface area contributed by atoms with Gasteiger partial charge in [-0.2, -0.15) is 0 Å². The van der Waals surface area contributed by atoms with E-state index in [2.05, 4.69) is 40.6 Å². The van der Waals surface area contributed by atoms with Crippen molar-refractivity contribution in [1.29, 1.82) is 0 Å². The number of anilines is 1. The first kappa shape index (κ1) is 25.9. The van der Waals surface area contributed by atoms with Gasteiger partial charge in [0.1, 0.15) is 19.5 Å². The van der Waals surface area contributed by atoms with Crippen molar-refractivity contribution in [2.75, 3.05) is 37.8 Å². The van der Waals surface area contributed by atoms with Crippen molar-refractivity contribution in [3.05, 3.63) is 41.4 Å². The van der Waals surface area contributed by atoms with Crippen molar-refractivity contribution in [3.8, 4) is 34.5 Å². The Labute approximate surface area is 226 Å². The van der Waals surface area contributed by atoms with Crippen molar-refractivity contribution in [1.82, 2.24) is 24.8 Å². The molecule has 2 aromatic heterocycles. The van der Waals surface area contributed by atoms with E-state index in [0.717, 1.165) is 10.9 Å². The summed E-state index contributed by atoms with van der Waals surface area (Å²) >= 11 is 3.26. The summed E-state index contributed by atoms with van der Waals surface area (Å²) in [6.07, 6.45) is 5.71. The lowest BCUT2D eigenvalue weighted by Crippen LogP contribution is -2.40. The van der Waals surface area contributed by atoms with E-state index >= 15 is 0 Å². The Bertz CT molecular complexity index is 1400. The van der Waals surface area contributed by atoms with Crippen LogP contribution in [0.15, 0.2) is 41.4 Å². The fourth-order valence-electron chi connectivity index (χ4n) is 4.02. The molecule has 13 nitrogen and oxygen atoms in total. The minimum Gasteiger partial charge on any atom is -0.473 e. The lowest BCUT2D eigenvalue weighted by Gasteiger charge is -2.29. The third-order valence-corrected chi connectivity index (χ3v) is 8.16. The van der Waals surface area contributed by atoms with Crippen LogP contribution in [0.4, 0.5) is 5.82 Å². The summed E-state index contributed by atoms with van der Waals surface area (Å²) in [5, 5.41) is -0.679. The summed E-state index contributed by atoms with van der Waals surface area (Å²) in [6, 6.07) is 5.35. The molecule has 1 amide bonds. The Kier molecular flexibility index (Phi) is 7.74. The number of aromatic nitrogens is 4. The second-order valence-electron chi connectivity index (χ2n) is 8.34. The molecular formula is C23H23BrN6O7S. The first-order chi connectivity index (χ1) is 18.4. The highest BCUT2D eigenvalue weighted by atomic mass is 79.9. The van der Waals surface area contributed by atoms with E-state index in [-0.39, 0.29) is 37.7 Å². The Morgan fingerprint density at radius 2 is 1.79 bits per heavy atom. The van der Waals surface area contributed by atoms with Crippen LogP contribution in [0.1, 0.15) is 12.8 Å².